The number of carbonyl (C=O) groups is 1. The lowest BCUT2D eigenvalue weighted by atomic mass is 10.1. The summed E-state index contributed by atoms with van der Waals surface area (Å²) in [6.45, 7) is 3.41. The first-order valence-electron chi connectivity index (χ1n) is 6.42. The van der Waals surface area contributed by atoms with Gasteiger partial charge in [0.1, 0.15) is 6.61 Å². The topological polar surface area (TPSA) is 111 Å². The molecule has 1 rings (SSSR count). The van der Waals surface area contributed by atoms with Crippen LogP contribution in [0, 0.1) is 13.8 Å². The van der Waals surface area contributed by atoms with Gasteiger partial charge in [0, 0.05) is 19.3 Å². The molecular weight excluding hydrogens is 294 g/mol. The Morgan fingerprint density at radius 2 is 1.86 bits per heavy atom. The van der Waals surface area contributed by atoms with E-state index >= 15 is 0 Å². The SMILES string of the molecule is CNc1cc(C)c(S(=O)(=O)NCCOCC(N)=O)c(C)c1. The third kappa shape index (κ3) is 5.00. The Bertz CT molecular complexity index is 591. The van der Waals surface area contributed by atoms with Crippen LogP contribution in [0.5, 0.6) is 0 Å². The predicted molar refractivity (Wildman–Crippen MR) is 80.7 cm³/mol. The van der Waals surface area contributed by atoms with Crippen LogP contribution in [0.15, 0.2) is 17.0 Å². The van der Waals surface area contributed by atoms with E-state index in [1.807, 2.05) is 0 Å². The largest absolute Gasteiger partial charge is 0.388 e. The number of hydrogen-bond donors (Lipinski definition) is 3. The number of anilines is 1. The van der Waals surface area contributed by atoms with Crippen LogP contribution in [0.1, 0.15) is 11.1 Å². The van der Waals surface area contributed by atoms with Gasteiger partial charge in [0.25, 0.3) is 0 Å². The third-order valence-corrected chi connectivity index (χ3v) is 4.57. The summed E-state index contributed by atoms with van der Waals surface area (Å²) in [4.78, 5) is 10.7. The number of primary amides is 1. The van der Waals surface area contributed by atoms with E-state index in [-0.39, 0.29) is 24.7 Å². The molecule has 0 heterocycles. The standard InChI is InChI=1S/C13H21N3O4S/c1-9-6-11(15-3)7-10(2)13(9)21(18,19)16-4-5-20-8-12(14)17/h6-7,15-16H,4-5,8H2,1-3H3,(H2,14,17). The molecule has 1 aromatic carbocycles. The number of amides is 1. The van der Waals surface area contributed by atoms with E-state index in [4.69, 9.17) is 10.5 Å². The van der Waals surface area contributed by atoms with E-state index < -0.39 is 15.9 Å². The van der Waals surface area contributed by atoms with Crippen LogP contribution in [0.3, 0.4) is 0 Å². The van der Waals surface area contributed by atoms with Crippen LogP contribution < -0.4 is 15.8 Å². The van der Waals surface area contributed by atoms with Crippen molar-refractivity contribution < 1.29 is 17.9 Å². The highest BCUT2D eigenvalue weighted by molar-refractivity contribution is 7.89. The molecule has 0 fully saturated rings. The maximum Gasteiger partial charge on any atom is 0.243 e. The van der Waals surface area contributed by atoms with E-state index in [1.54, 1.807) is 33.0 Å². The molecule has 7 nitrogen and oxygen atoms in total. The number of nitrogens with one attached hydrogen (secondary N) is 2. The zero-order valence-electron chi connectivity index (χ0n) is 12.4. The van der Waals surface area contributed by atoms with Gasteiger partial charge in [0.2, 0.25) is 15.9 Å². The average molecular weight is 315 g/mol. The molecule has 8 heteroatoms. The number of ether oxygens (including phenoxy) is 1. The lowest BCUT2D eigenvalue weighted by Gasteiger charge is -2.14. The van der Waals surface area contributed by atoms with Crippen molar-refractivity contribution in [2.75, 3.05) is 32.1 Å². The normalized spacial score (nSPS) is 11.4. The van der Waals surface area contributed by atoms with Gasteiger partial charge in [-0.15, -0.1) is 0 Å². The number of hydrogen-bond acceptors (Lipinski definition) is 5. The first kappa shape index (κ1) is 17.4. The number of rotatable bonds is 8. The van der Waals surface area contributed by atoms with Crippen LogP contribution in [-0.4, -0.2) is 41.1 Å². The molecule has 1 aromatic rings. The van der Waals surface area contributed by atoms with Crippen LogP contribution in [0.2, 0.25) is 0 Å². The minimum Gasteiger partial charge on any atom is -0.388 e. The van der Waals surface area contributed by atoms with E-state index in [2.05, 4.69) is 10.0 Å². The van der Waals surface area contributed by atoms with Gasteiger partial charge in [-0.25, -0.2) is 13.1 Å². The highest BCUT2D eigenvalue weighted by Crippen LogP contribution is 2.23. The quantitative estimate of drug-likeness (QED) is 0.590. The van der Waals surface area contributed by atoms with Crippen molar-refractivity contribution in [1.82, 2.24) is 4.72 Å². The first-order valence-corrected chi connectivity index (χ1v) is 7.91. The van der Waals surface area contributed by atoms with Gasteiger partial charge in [0.15, 0.2) is 0 Å². The summed E-state index contributed by atoms with van der Waals surface area (Å²) in [7, 11) is -1.85. The Morgan fingerprint density at radius 3 is 2.33 bits per heavy atom. The highest BCUT2D eigenvalue weighted by Gasteiger charge is 2.19. The Balaban J connectivity index is 2.77. The zero-order chi connectivity index (χ0) is 16.0. The average Bonchev–Trinajstić information content (AvgIpc) is 2.36. The summed E-state index contributed by atoms with van der Waals surface area (Å²) in [5.74, 6) is -0.591. The molecular formula is C13H21N3O4S. The monoisotopic (exact) mass is 315 g/mol. The van der Waals surface area contributed by atoms with Crippen molar-refractivity contribution >= 4 is 21.6 Å². The van der Waals surface area contributed by atoms with E-state index in [9.17, 15) is 13.2 Å². The molecule has 0 spiro atoms. The van der Waals surface area contributed by atoms with Crippen LogP contribution in [0.4, 0.5) is 5.69 Å². The molecule has 0 aliphatic heterocycles. The van der Waals surface area contributed by atoms with Crippen molar-refractivity contribution in [2.45, 2.75) is 18.7 Å². The summed E-state index contributed by atoms with van der Waals surface area (Å²) in [6.07, 6.45) is 0. The molecule has 0 aromatic heterocycles. The fourth-order valence-electron chi connectivity index (χ4n) is 2.01. The maximum atomic E-state index is 12.3. The van der Waals surface area contributed by atoms with Crippen molar-refractivity contribution in [3.05, 3.63) is 23.3 Å². The molecule has 0 atom stereocenters. The Labute approximate surface area is 124 Å². The van der Waals surface area contributed by atoms with Crippen molar-refractivity contribution in [3.8, 4) is 0 Å². The Kier molecular flexibility index (Phi) is 6.13. The van der Waals surface area contributed by atoms with Gasteiger partial charge in [-0.2, -0.15) is 0 Å². The second-order valence-electron chi connectivity index (χ2n) is 4.61. The van der Waals surface area contributed by atoms with Crippen LogP contribution in [0.25, 0.3) is 0 Å². The first-order chi connectivity index (χ1) is 9.77. The van der Waals surface area contributed by atoms with Crippen LogP contribution in [-0.2, 0) is 19.6 Å². The minimum absolute atomic E-state index is 0.0717. The molecule has 0 bridgehead atoms. The number of nitrogens with two attached hydrogens (primary N) is 1. The summed E-state index contributed by atoms with van der Waals surface area (Å²) in [6, 6.07) is 3.54. The molecule has 4 N–H and O–H groups in total. The smallest absolute Gasteiger partial charge is 0.243 e. The van der Waals surface area contributed by atoms with E-state index in [1.165, 1.54) is 0 Å². The van der Waals surface area contributed by atoms with Gasteiger partial charge < -0.3 is 15.8 Å². The Hall–Kier alpha value is -1.64. The lowest BCUT2D eigenvalue weighted by Crippen LogP contribution is -2.30. The molecule has 0 unspecified atom stereocenters. The van der Waals surface area contributed by atoms with Crippen LogP contribution >= 0.6 is 0 Å². The summed E-state index contributed by atoms with van der Waals surface area (Å²) in [5.41, 5.74) is 7.08. The zero-order valence-corrected chi connectivity index (χ0v) is 13.2. The van der Waals surface area contributed by atoms with Gasteiger partial charge >= 0.3 is 0 Å². The molecule has 0 saturated heterocycles. The third-order valence-electron chi connectivity index (χ3n) is 2.80. The number of aryl methyl sites for hydroxylation is 2. The van der Waals surface area contributed by atoms with Gasteiger partial charge in [-0.3, -0.25) is 4.79 Å². The Morgan fingerprint density at radius 1 is 1.29 bits per heavy atom. The fourth-order valence-corrected chi connectivity index (χ4v) is 3.47. The van der Waals surface area contributed by atoms with E-state index in [0.717, 1.165) is 5.69 Å². The van der Waals surface area contributed by atoms with Gasteiger partial charge in [-0.05, 0) is 37.1 Å². The molecule has 118 valence electrons. The second kappa shape index (κ2) is 7.39. The number of carbonyl (C=O) groups excluding carboxylic acids is 1. The minimum atomic E-state index is -3.62. The molecule has 0 aliphatic rings. The van der Waals surface area contributed by atoms with Gasteiger partial charge in [-0.1, -0.05) is 0 Å². The number of sulfonamides is 1. The summed E-state index contributed by atoms with van der Waals surface area (Å²) < 4.78 is 31.9. The molecule has 0 radical (unpaired) electrons. The lowest BCUT2D eigenvalue weighted by molar-refractivity contribution is -0.122. The molecule has 21 heavy (non-hydrogen) atoms. The second-order valence-corrected chi connectivity index (χ2v) is 6.31. The summed E-state index contributed by atoms with van der Waals surface area (Å²) in [5, 5.41) is 2.98. The van der Waals surface area contributed by atoms with E-state index in [0.29, 0.717) is 11.1 Å². The number of benzene rings is 1. The van der Waals surface area contributed by atoms with Crippen molar-refractivity contribution in [3.63, 3.8) is 0 Å². The summed E-state index contributed by atoms with van der Waals surface area (Å²) >= 11 is 0. The van der Waals surface area contributed by atoms with Gasteiger partial charge in [0.05, 0.1) is 11.5 Å². The maximum absolute atomic E-state index is 12.3. The molecule has 1 amide bonds. The predicted octanol–water partition coefficient (Wildman–Crippen LogP) is 0.125. The highest BCUT2D eigenvalue weighted by atomic mass is 32.2. The van der Waals surface area contributed by atoms with Crippen molar-refractivity contribution in [1.29, 1.82) is 0 Å². The molecule has 0 aliphatic carbocycles. The fraction of sp³-hybridized carbons (Fsp3) is 0.462. The molecule has 0 saturated carbocycles. The van der Waals surface area contributed by atoms with Crippen molar-refractivity contribution in [2.24, 2.45) is 5.73 Å².